The number of ether oxygens (including phenoxy) is 2. The average molecular weight is 334 g/mol. The van der Waals surface area contributed by atoms with Crippen LogP contribution in [0.15, 0.2) is 54.7 Å². The zero-order valence-electron chi connectivity index (χ0n) is 13.3. The first-order valence-corrected chi connectivity index (χ1v) is 7.66. The first-order chi connectivity index (χ1) is 12.1. The Hall–Kier alpha value is -3.54. The van der Waals surface area contributed by atoms with E-state index in [1.165, 1.54) is 0 Å². The maximum Gasteiger partial charge on any atom is 0.512 e. The van der Waals surface area contributed by atoms with Crippen LogP contribution < -0.4 is 9.47 Å². The molecular weight excluding hydrogens is 320 g/mol. The maximum atomic E-state index is 10.8. The molecule has 0 amide bonds. The number of hydrogen-bond donors (Lipinski definition) is 2. The Morgan fingerprint density at radius 2 is 1.88 bits per heavy atom. The van der Waals surface area contributed by atoms with Gasteiger partial charge >= 0.3 is 6.16 Å². The van der Waals surface area contributed by atoms with E-state index in [2.05, 4.69) is 9.97 Å². The summed E-state index contributed by atoms with van der Waals surface area (Å²) in [6.45, 7) is 1.78. The van der Waals surface area contributed by atoms with Crippen molar-refractivity contribution in [2.45, 2.75) is 6.92 Å². The van der Waals surface area contributed by atoms with Crippen LogP contribution in [0.1, 0.15) is 5.56 Å². The van der Waals surface area contributed by atoms with E-state index < -0.39 is 6.16 Å². The van der Waals surface area contributed by atoms with E-state index >= 15 is 0 Å². The molecule has 124 valence electrons. The quantitative estimate of drug-likeness (QED) is 0.522. The number of hydrogen-bond acceptors (Lipinski definition) is 4. The van der Waals surface area contributed by atoms with Crippen LogP contribution in [0.3, 0.4) is 0 Å². The lowest BCUT2D eigenvalue weighted by Gasteiger charge is -2.06. The molecule has 2 N–H and O–H groups in total. The largest absolute Gasteiger partial charge is 0.512 e. The standard InChI is InChI=1S/C19H14N2O4/c1-11-17-14-9-13(24-12-5-3-2-4-6-12)7-8-15(14)21-16(17)10-20-18(11)25-19(22)23/h2-10,21H,1H3,(H,22,23). The van der Waals surface area contributed by atoms with Crippen molar-refractivity contribution in [2.75, 3.05) is 0 Å². The van der Waals surface area contributed by atoms with Crippen molar-refractivity contribution in [3.63, 3.8) is 0 Å². The number of fused-ring (bicyclic) bond motifs is 3. The number of aromatic nitrogens is 2. The first kappa shape index (κ1) is 15.0. The molecule has 0 aliphatic rings. The molecule has 0 aliphatic carbocycles. The third-order valence-corrected chi connectivity index (χ3v) is 3.97. The van der Waals surface area contributed by atoms with E-state index in [-0.39, 0.29) is 5.88 Å². The smallest absolute Gasteiger partial charge is 0.457 e. The van der Waals surface area contributed by atoms with Crippen molar-refractivity contribution in [1.29, 1.82) is 0 Å². The van der Waals surface area contributed by atoms with Crippen LogP contribution in [0.25, 0.3) is 21.8 Å². The van der Waals surface area contributed by atoms with E-state index in [9.17, 15) is 4.79 Å². The monoisotopic (exact) mass is 334 g/mol. The first-order valence-electron chi connectivity index (χ1n) is 7.66. The molecule has 0 atom stereocenters. The summed E-state index contributed by atoms with van der Waals surface area (Å²) in [7, 11) is 0. The van der Waals surface area contributed by atoms with Crippen molar-refractivity contribution in [1.82, 2.24) is 9.97 Å². The number of H-pyrrole nitrogens is 1. The van der Waals surface area contributed by atoms with E-state index in [4.69, 9.17) is 14.6 Å². The number of pyridine rings is 1. The lowest BCUT2D eigenvalue weighted by molar-refractivity contribution is 0.142. The van der Waals surface area contributed by atoms with Gasteiger partial charge in [-0.1, -0.05) is 18.2 Å². The number of rotatable bonds is 3. The number of nitrogens with zero attached hydrogens (tertiary/aromatic N) is 1. The van der Waals surface area contributed by atoms with Gasteiger partial charge in [0.2, 0.25) is 5.88 Å². The molecule has 4 aromatic rings. The fourth-order valence-corrected chi connectivity index (χ4v) is 2.89. The molecular formula is C19H14N2O4. The predicted octanol–water partition coefficient (Wildman–Crippen LogP) is 4.87. The van der Waals surface area contributed by atoms with Crippen molar-refractivity contribution in [3.05, 3.63) is 60.3 Å². The molecule has 2 heterocycles. The topological polar surface area (TPSA) is 84.4 Å². The number of benzene rings is 2. The van der Waals surface area contributed by atoms with Gasteiger partial charge in [0.05, 0.1) is 11.7 Å². The Morgan fingerprint density at radius 3 is 2.64 bits per heavy atom. The Labute approximate surface area is 142 Å². The summed E-state index contributed by atoms with van der Waals surface area (Å²) in [5.74, 6) is 1.52. The maximum absolute atomic E-state index is 10.8. The zero-order valence-corrected chi connectivity index (χ0v) is 13.3. The highest BCUT2D eigenvalue weighted by Gasteiger charge is 2.15. The van der Waals surface area contributed by atoms with Crippen molar-refractivity contribution in [3.8, 4) is 17.4 Å². The van der Waals surface area contributed by atoms with Gasteiger partial charge in [0.15, 0.2) is 0 Å². The third kappa shape index (κ3) is 2.74. The fourth-order valence-electron chi connectivity index (χ4n) is 2.89. The van der Waals surface area contributed by atoms with Gasteiger partial charge in [0.25, 0.3) is 0 Å². The highest BCUT2D eigenvalue weighted by molar-refractivity contribution is 6.09. The second-order valence-electron chi connectivity index (χ2n) is 5.59. The van der Waals surface area contributed by atoms with Crippen LogP contribution in [0.2, 0.25) is 0 Å². The van der Waals surface area contributed by atoms with Crippen LogP contribution in [-0.4, -0.2) is 21.2 Å². The summed E-state index contributed by atoms with van der Waals surface area (Å²) in [6, 6.07) is 15.2. The van der Waals surface area contributed by atoms with Gasteiger partial charge in [-0.25, -0.2) is 9.78 Å². The number of nitrogens with one attached hydrogen (secondary N) is 1. The SMILES string of the molecule is Cc1c(OC(=O)O)ncc2[nH]c3ccc(Oc4ccccc4)cc3c12. The molecule has 0 aliphatic heterocycles. The Balaban J connectivity index is 1.85. The van der Waals surface area contributed by atoms with Crippen LogP contribution >= 0.6 is 0 Å². The zero-order chi connectivity index (χ0) is 17.4. The van der Waals surface area contributed by atoms with Crippen LogP contribution in [0, 0.1) is 6.92 Å². The summed E-state index contributed by atoms with van der Waals surface area (Å²) in [5.41, 5.74) is 2.37. The van der Waals surface area contributed by atoms with Crippen molar-refractivity contribution in [2.24, 2.45) is 0 Å². The Bertz CT molecular complexity index is 1090. The van der Waals surface area contributed by atoms with Gasteiger partial charge in [0, 0.05) is 21.9 Å². The molecule has 4 rings (SSSR count). The van der Waals surface area contributed by atoms with Crippen molar-refractivity contribution >= 4 is 28.0 Å². The Morgan fingerprint density at radius 1 is 1.08 bits per heavy atom. The summed E-state index contributed by atoms with van der Waals surface area (Å²) in [6.07, 6.45) is 0.182. The van der Waals surface area contributed by atoms with Gasteiger partial charge in [-0.3, -0.25) is 0 Å². The molecule has 0 unspecified atom stereocenters. The molecule has 0 bridgehead atoms. The van der Waals surface area contributed by atoms with Gasteiger partial charge in [0.1, 0.15) is 11.5 Å². The lowest BCUT2D eigenvalue weighted by atomic mass is 10.1. The fraction of sp³-hybridized carbons (Fsp3) is 0.0526. The second-order valence-corrected chi connectivity index (χ2v) is 5.59. The number of carbonyl (C=O) groups is 1. The normalized spacial score (nSPS) is 10.9. The molecule has 6 nitrogen and oxygen atoms in total. The molecule has 0 saturated carbocycles. The van der Waals surface area contributed by atoms with Crippen LogP contribution in [0.5, 0.6) is 17.4 Å². The molecule has 6 heteroatoms. The highest BCUT2D eigenvalue weighted by atomic mass is 16.7. The number of carboxylic acid groups (broad SMARTS) is 1. The van der Waals surface area contributed by atoms with Crippen LogP contribution in [0.4, 0.5) is 4.79 Å². The van der Waals surface area contributed by atoms with Crippen molar-refractivity contribution < 1.29 is 19.4 Å². The Kier molecular flexibility index (Phi) is 3.50. The molecule has 0 fully saturated rings. The van der Waals surface area contributed by atoms with Gasteiger partial charge in [-0.05, 0) is 37.3 Å². The molecule has 2 aromatic heterocycles. The minimum Gasteiger partial charge on any atom is -0.457 e. The third-order valence-electron chi connectivity index (χ3n) is 3.97. The highest BCUT2D eigenvalue weighted by Crippen LogP contribution is 2.34. The molecule has 25 heavy (non-hydrogen) atoms. The second kappa shape index (κ2) is 5.83. The minimum atomic E-state index is -1.39. The summed E-state index contributed by atoms with van der Waals surface area (Å²) in [4.78, 5) is 18.2. The van der Waals surface area contributed by atoms with Gasteiger partial charge < -0.3 is 19.6 Å². The summed E-state index contributed by atoms with van der Waals surface area (Å²) in [5, 5.41) is 10.6. The number of para-hydroxylation sites is 1. The van der Waals surface area contributed by atoms with Gasteiger partial charge in [-0.15, -0.1) is 0 Å². The number of aryl methyl sites for hydroxylation is 1. The molecule has 0 saturated heterocycles. The van der Waals surface area contributed by atoms with E-state index in [1.807, 2.05) is 48.5 Å². The molecule has 2 aromatic carbocycles. The molecule has 0 spiro atoms. The predicted molar refractivity (Wildman–Crippen MR) is 93.5 cm³/mol. The summed E-state index contributed by atoms with van der Waals surface area (Å²) >= 11 is 0. The minimum absolute atomic E-state index is 0.0790. The molecule has 0 radical (unpaired) electrons. The van der Waals surface area contributed by atoms with E-state index in [0.717, 1.165) is 27.6 Å². The number of aromatic amines is 1. The summed E-state index contributed by atoms with van der Waals surface area (Å²) < 4.78 is 10.6. The van der Waals surface area contributed by atoms with E-state index in [1.54, 1.807) is 13.1 Å². The average Bonchev–Trinajstić information content (AvgIpc) is 2.96. The van der Waals surface area contributed by atoms with E-state index in [0.29, 0.717) is 11.3 Å². The van der Waals surface area contributed by atoms with Crippen LogP contribution in [-0.2, 0) is 0 Å². The lowest BCUT2D eigenvalue weighted by Crippen LogP contribution is -2.05. The van der Waals surface area contributed by atoms with Gasteiger partial charge in [-0.2, -0.15) is 0 Å².